The van der Waals surface area contributed by atoms with E-state index in [0.717, 1.165) is 0 Å². The molecule has 23 heavy (non-hydrogen) atoms. The maximum absolute atomic E-state index is 12.0. The molecule has 1 unspecified atom stereocenters. The number of rotatable bonds is 7. The Kier molecular flexibility index (Phi) is 9.67. The fourth-order valence-corrected chi connectivity index (χ4v) is 3.10. The summed E-state index contributed by atoms with van der Waals surface area (Å²) in [4.78, 5) is 25.1. The van der Waals surface area contributed by atoms with Crippen LogP contribution in [0.25, 0.3) is 0 Å². The maximum Gasteiger partial charge on any atom is 0.235 e. The molecule has 2 amide bonds. The smallest absolute Gasteiger partial charge is 0.235 e. The van der Waals surface area contributed by atoms with Crippen LogP contribution in [0.1, 0.15) is 27.2 Å². The van der Waals surface area contributed by atoms with Gasteiger partial charge in [-0.15, -0.1) is 12.4 Å². The van der Waals surface area contributed by atoms with E-state index in [-0.39, 0.29) is 55.0 Å². The van der Waals surface area contributed by atoms with Gasteiger partial charge in [-0.2, -0.15) is 0 Å². The van der Waals surface area contributed by atoms with Crippen LogP contribution in [0, 0.1) is 0 Å². The minimum absolute atomic E-state index is 0. The quantitative estimate of drug-likeness (QED) is 0.536. The second-order valence-electron chi connectivity index (χ2n) is 5.81. The molecule has 0 aliphatic carbocycles. The van der Waals surface area contributed by atoms with Crippen LogP contribution in [-0.2, 0) is 19.6 Å². The van der Waals surface area contributed by atoms with E-state index in [0.29, 0.717) is 19.6 Å². The monoisotopic (exact) mass is 370 g/mol. The zero-order valence-corrected chi connectivity index (χ0v) is 15.4. The summed E-state index contributed by atoms with van der Waals surface area (Å²) in [6, 6.07) is 0.167. The molecule has 0 saturated carbocycles. The Hall–Kier alpha value is -0.900. The van der Waals surface area contributed by atoms with Crippen LogP contribution in [0.2, 0.25) is 0 Å². The Morgan fingerprint density at radius 1 is 1.35 bits per heavy atom. The number of carbonyl (C=O) groups excluding carboxylic acids is 2. The lowest BCUT2D eigenvalue weighted by Crippen LogP contribution is -2.51. The number of amides is 2. The number of carbonyl (C=O) groups is 2. The van der Waals surface area contributed by atoms with Crippen LogP contribution in [0.3, 0.4) is 0 Å². The zero-order chi connectivity index (χ0) is 16.8. The van der Waals surface area contributed by atoms with Gasteiger partial charge in [0.1, 0.15) is 0 Å². The number of nitrogens with one attached hydrogen (secondary N) is 3. The number of sulfonamides is 1. The molecular formula is C13H27ClN4O4S. The van der Waals surface area contributed by atoms with E-state index in [2.05, 4.69) is 15.4 Å². The average molecular weight is 371 g/mol. The van der Waals surface area contributed by atoms with Crippen molar-refractivity contribution in [2.45, 2.75) is 39.3 Å². The van der Waals surface area contributed by atoms with Gasteiger partial charge in [0.25, 0.3) is 0 Å². The Bertz CT molecular complexity index is 498. The van der Waals surface area contributed by atoms with Crippen LogP contribution < -0.4 is 15.4 Å². The summed E-state index contributed by atoms with van der Waals surface area (Å²) in [6.45, 7) is 7.15. The van der Waals surface area contributed by atoms with Gasteiger partial charge in [-0.1, -0.05) is 0 Å². The van der Waals surface area contributed by atoms with Crippen molar-refractivity contribution >= 4 is 34.2 Å². The molecule has 0 aromatic carbocycles. The van der Waals surface area contributed by atoms with Gasteiger partial charge < -0.3 is 15.5 Å². The zero-order valence-electron chi connectivity index (χ0n) is 13.8. The Morgan fingerprint density at radius 2 is 2.00 bits per heavy atom. The van der Waals surface area contributed by atoms with Crippen molar-refractivity contribution in [3.8, 4) is 0 Å². The summed E-state index contributed by atoms with van der Waals surface area (Å²) < 4.78 is 25.8. The lowest BCUT2D eigenvalue weighted by Gasteiger charge is -2.31. The van der Waals surface area contributed by atoms with E-state index in [1.807, 2.05) is 6.92 Å². The molecule has 1 atom stereocenters. The van der Waals surface area contributed by atoms with E-state index in [1.54, 1.807) is 18.7 Å². The van der Waals surface area contributed by atoms with Crippen LogP contribution in [0.4, 0.5) is 0 Å². The number of nitrogens with zero attached hydrogens (tertiary/aromatic N) is 1. The average Bonchev–Trinajstić information content (AvgIpc) is 2.42. The van der Waals surface area contributed by atoms with Crippen molar-refractivity contribution < 1.29 is 18.0 Å². The predicted octanol–water partition coefficient (Wildman–Crippen LogP) is -0.937. The highest BCUT2D eigenvalue weighted by Gasteiger charge is 2.22. The van der Waals surface area contributed by atoms with E-state index in [9.17, 15) is 18.0 Å². The molecule has 1 aliphatic rings. The first-order valence-corrected chi connectivity index (χ1v) is 9.12. The molecule has 0 bridgehead atoms. The molecule has 3 N–H and O–H groups in total. The Balaban J connectivity index is 0.00000484. The normalized spacial score (nSPS) is 18.4. The molecule has 1 saturated heterocycles. The third kappa shape index (κ3) is 9.09. The highest BCUT2D eigenvalue weighted by Crippen LogP contribution is 2.02. The van der Waals surface area contributed by atoms with Crippen molar-refractivity contribution in [3.05, 3.63) is 0 Å². The lowest BCUT2D eigenvalue weighted by molar-refractivity contribution is -0.131. The van der Waals surface area contributed by atoms with Crippen molar-refractivity contribution in [2.24, 2.45) is 0 Å². The molecule has 8 nitrogen and oxygen atoms in total. The molecule has 1 rings (SSSR count). The number of hydrogen-bond acceptors (Lipinski definition) is 5. The molecule has 0 aromatic rings. The molecule has 10 heteroatoms. The van der Waals surface area contributed by atoms with E-state index >= 15 is 0 Å². The van der Waals surface area contributed by atoms with Crippen molar-refractivity contribution in [1.29, 1.82) is 0 Å². The molecule has 0 aromatic heterocycles. The number of hydrogen-bond donors (Lipinski definition) is 3. The summed E-state index contributed by atoms with van der Waals surface area (Å²) in [5.74, 6) is -0.870. The Labute approximate surface area is 144 Å². The number of halogens is 1. The summed E-state index contributed by atoms with van der Waals surface area (Å²) in [5, 5.41) is 5.81. The third-order valence-electron chi connectivity index (χ3n) is 3.21. The minimum Gasteiger partial charge on any atom is -0.353 e. The van der Waals surface area contributed by atoms with Crippen molar-refractivity contribution in [3.63, 3.8) is 0 Å². The lowest BCUT2D eigenvalue weighted by atomic mass is 10.2. The SMILES string of the molecule is CC(C)NC(=O)CNS(=O)(=O)CCC(=O)N1CCNC(C)C1.Cl. The van der Waals surface area contributed by atoms with Gasteiger partial charge in [-0.05, 0) is 20.8 Å². The van der Waals surface area contributed by atoms with Crippen LogP contribution in [0.5, 0.6) is 0 Å². The summed E-state index contributed by atoms with van der Waals surface area (Å²) >= 11 is 0. The topological polar surface area (TPSA) is 108 Å². The van der Waals surface area contributed by atoms with Gasteiger partial charge in [0, 0.05) is 38.1 Å². The first-order chi connectivity index (χ1) is 10.2. The molecule has 1 fully saturated rings. The highest BCUT2D eigenvalue weighted by atomic mass is 35.5. The van der Waals surface area contributed by atoms with Crippen LogP contribution in [0.15, 0.2) is 0 Å². The van der Waals surface area contributed by atoms with Crippen LogP contribution in [-0.4, -0.2) is 69.1 Å². The fraction of sp³-hybridized carbons (Fsp3) is 0.846. The van der Waals surface area contributed by atoms with E-state index < -0.39 is 10.0 Å². The van der Waals surface area contributed by atoms with E-state index in [4.69, 9.17) is 0 Å². The molecule has 136 valence electrons. The maximum atomic E-state index is 12.0. The summed E-state index contributed by atoms with van der Waals surface area (Å²) in [5.41, 5.74) is 0. The Morgan fingerprint density at radius 3 is 2.57 bits per heavy atom. The van der Waals surface area contributed by atoms with Gasteiger partial charge in [0.2, 0.25) is 21.8 Å². The molecule has 0 spiro atoms. The first-order valence-electron chi connectivity index (χ1n) is 7.47. The predicted molar refractivity (Wildman–Crippen MR) is 91.0 cm³/mol. The fourth-order valence-electron chi connectivity index (χ4n) is 2.16. The standard InChI is InChI=1S/C13H26N4O4S.ClH/c1-10(2)16-12(18)8-15-22(20,21)7-4-13(19)17-6-5-14-11(3)9-17;/h10-11,14-15H,4-9H2,1-3H3,(H,16,18);1H. The van der Waals surface area contributed by atoms with Crippen LogP contribution >= 0.6 is 12.4 Å². The highest BCUT2D eigenvalue weighted by molar-refractivity contribution is 7.89. The second-order valence-corrected chi connectivity index (χ2v) is 7.73. The summed E-state index contributed by atoms with van der Waals surface area (Å²) in [6.07, 6.45) is -0.0755. The second kappa shape index (κ2) is 10.1. The molecule has 1 heterocycles. The van der Waals surface area contributed by atoms with Crippen molar-refractivity contribution in [1.82, 2.24) is 20.3 Å². The van der Waals surface area contributed by atoms with Gasteiger partial charge in [0.15, 0.2) is 0 Å². The molecular weight excluding hydrogens is 344 g/mol. The molecule has 0 radical (unpaired) electrons. The molecule has 1 aliphatic heterocycles. The van der Waals surface area contributed by atoms with Gasteiger partial charge in [-0.25, -0.2) is 13.1 Å². The van der Waals surface area contributed by atoms with Gasteiger partial charge in [0.05, 0.1) is 12.3 Å². The first kappa shape index (κ1) is 22.1. The van der Waals surface area contributed by atoms with Crippen molar-refractivity contribution in [2.75, 3.05) is 31.9 Å². The summed E-state index contributed by atoms with van der Waals surface area (Å²) in [7, 11) is -3.63. The number of piperazine rings is 1. The van der Waals surface area contributed by atoms with Gasteiger partial charge >= 0.3 is 0 Å². The largest absolute Gasteiger partial charge is 0.353 e. The third-order valence-corrected chi connectivity index (χ3v) is 4.53. The van der Waals surface area contributed by atoms with Gasteiger partial charge in [-0.3, -0.25) is 9.59 Å². The van der Waals surface area contributed by atoms with E-state index in [1.165, 1.54) is 0 Å². The minimum atomic E-state index is -3.63.